The van der Waals surface area contributed by atoms with Crippen LogP contribution in [0.3, 0.4) is 0 Å². The van der Waals surface area contributed by atoms with Crippen LogP contribution in [0.1, 0.15) is 11.1 Å². The Labute approximate surface area is 127 Å². The monoisotopic (exact) mass is 251 g/mol. The zero-order valence-electron chi connectivity index (χ0n) is 10.2. The van der Waals surface area contributed by atoms with Crippen LogP contribution in [0.25, 0.3) is 6.08 Å². The number of aliphatic carboxylic acids is 1. The van der Waals surface area contributed by atoms with Gasteiger partial charge in [-0.15, -0.1) is 0 Å². The van der Waals surface area contributed by atoms with Crippen molar-refractivity contribution in [3.8, 4) is 0 Å². The molecular formula is C13H12N2NaO2. The predicted octanol–water partition coefficient (Wildman–Crippen LogP) is 1.65. The van der Waals surface area contributed by atoms with Gasteiger partial charge in [0.2, 0.25) is 0 Å². The van der Waals surface area contributed by atoms with Gasteiger partial charge >= 0.3 is 5.97 Å². The van der Waals surface area contributed by atoms with E-state index in [1.54, 1.807) is 18.6 Å². The van der Waals surface area contributed by atoms with Crippen LogP contribution in [0.4, 0.5) is 0 Å². The van der Waals surface area contributed by atoms with E-state index < -0.39 is 5.97 Å². The van der Waals surface area contributed by atoms with Crippen molar-refractivity contribution >= 4 is 41.6 Å². The summed E-state index contributed by atoms with van der Waals surface area (Å²) in [5.74, 6) is -0.938. The van der Waals surface area contributed by atoms with E-state index in [1.807, 2.05) is 35.0 Å². The van der Waals surface area contributed by atoms with Gasteiger partial charge in [-0.25, -0.2) is 9.78 Å². The van der Waals surface area contributed by atoms with E-state index in [-0.39, 0.29) is 29.6 Å². The second kappa shape index (κ2) is 7.16. The number of rotatable bonds is 4. The van der Waals surface area contributed by atoms with E-state index in [4.69, 9.17) is 5.11 Å². The molecule has 0 unspecified atom stereocenters. The van der Waals surface area contributed by atoms with Crippen molar-refractivity contribution in [1.29, 1.82) is 0 Å². The predicted molar refractivity (Wildman–Crippen MR) is 70.2 cm³/mol. The van der Waals surface area contributed by atoms with Gasteiger partial charge in [0.15, 0.2) is 0 Å². The molecule has 0 aliphatic rings. The van der Waals surface area contributed by atoms with Crippen molar-refractivity contribution in [3.63, 3.8) is 0 Å². The number of hydrogen-bond donors (Lipinski definition) is 1. The molecule has 0 saturated heterocycles. The fourth-order valence-electron chi connectivity index (χ4n) is 1.49. The first-order valence-corrected chi connectivity index (χ1v) is 5.20. The molecule has 0 aliphatic heterocycles. The average Bonchev–Trinajstić information content (AvgIpc) is 2.81. The molecule has 0 amide bonds. The molecule has 1 heterocycles. The van der Waals surface area contributed by atoms with Gasteiger partial charge < -0.3 is 9.67 Å². The zero-order valence-corrected chi connectivity index (χ0v) is 12.2. The van der Waals surface area contributed by atoms with Crippen molar-refractivity contribution in [3.05, 3.63) is 60.2 Å². The van der Waals surface area contributed by atoms with Crippen molar-refractivity contribution < 1.29 is 9.90 Å². The van der Waals surface area contributed by atoms with Gasteiger partial charge in [0.25, 0.3) is 0 Å². The first-order valence-electron chi connectivity index (χ1n) is 5.20. The topological polar surface area (TPSA) is 55.1 Å². The maximum Gasteiger partial charge on any atom is 0.328 e. The molecule has 5 heteroatoms. The Hall–Kier alpha value is -1.36. The van der Waals surface area contributed by atoms with Crippen LogP contribution in [0, 0.1) is 0 Å². The molecule has 1 aromatic heterocycles. The molecule has 2 aromatic rings. The molecule has 4 nitrogen and oxygen atoms in total. The van der Waals surface area contributed by atoms with Gasteiger partial charge in [0, 0.05) is 54.6 Å². The Morgan fingerprint density at radius 2 is 2.06 bits per heavy atom. The number of nitrogens with zero attached hydrogens (tertiary/aromatic N) is 2. The fraction of sp³-hybridized carbons (Fsp3) is 0.0769. The summed E-state index contributed by atoms with van der Waals surface area (Å²) in [5, 5.41) is 8.50. The molecule has 1 aromatic carbocycles. The van der Waals surface area contributed by atoms with Crippen molar-refractivity contribution in [1.82, 2.24) is 9.55 Å². The summed E-state index contributed by atoms with van der Waals surface area (Å²) in [5.41, 5.74) is 2.03. The van der Waals surface area contributed by atoms with E-state index in [1.165, 1.54) is 0 Å². The van der Waals surface area contributed by atoms with Crippen molar-refractivity contribution in [2.75, 3.05) is 0 Å². The molecule has 0 atom stereocenters. The van der Waals surface area contributed by atoms with Crippen LogP contribution < -0.4 is 0 Å². The summed E-state index contributed by atoms with van der Waals surface area (Å²) >= 11 is 0. The third-order valence-electron chi connectivity index (χ3n) is 2.32. The van der Waals surface area contributed by atoms with E-state index in [2.05, 4.69) is 4.98 Å². The van der Waals surface area contributed by atoms with Crippen LogP contribution >= 0.6 is 0 Å². The Bertz CT molecular complexity index is 518. The van der Waals surface area contributed by atoms with Crippen LogP contribution in [0.15, 0.2) is 49.1 Å². The second-order valence-electron chi connectivity index (χ2n) is 3.65. The molecule has 1 radical (unpaired) electrons. The molecule has 0 aliphatic carbocycles. The van der Waals surface area contributed by atoms with Crippen LogP contribution in [-0.2, 0) is 11.3 Å². The molecule has 0 spiro atoms. The number of carboxylic acids is 1. The molecule has 87 valence electrons. The fourth-order valence-corrected chi connectivity index (χ4v) is 1.49. The average molecular weight is 251 g/mol. The van der Waals surface area contributed by atoms with E-state index >= 15 is 0 Å². The minimum Gasteiger partial charge on any atom is -0.478 e. The normalized spacial score (nSPS) is 10.2. The Morgan fingerprint density at radius 3 is 2.61 bits per heavy atom. The largest absolute Gasteiger partial charge is 0.478 e. The molecular weight excluding hydrogens is 239 g/mol. The quantitative estimate of drug-likeness (QED) is 0.664. The van der Waals surface area contributed by atoms with E-state index in [0.29, 0.717) is 0 Å². The van der Waals surface area contributed by atoms with Crippen LogP contribution in [0.2, 0.25) is 0 Å². The number of benzene rings is 1. The summed E-state index contributed by atoms with van der Waals surface area (Å²) in [6.07, 6.45) is 8.11. The van der Waals surface area contributed by atoms with Gasteiger partial charge in [-0.3, -0.25) is 0 Å². The van der Waals surface area contributed by atoms with E-state index in [9.17, 15) is 4.79 Å². The standard InChI is InChI=1S/C13H12N2O2.Na/c16-13(17)6-5-11-1-3-12(4-2-11)9-15-8-7-14-10-15;/h1-8,10H,9H2,(H,16,17);. The van der Waals surface area contributed by atoms with Gasteiger partial charge in [0.05, 0.1) is 6.33 Å². The van der Waals surface area contributed by atoms with Gasteiger partial charge in [-0.2, -0.15) is 0 Å². The maximum atomic E-state index is 10.4. The number of carboxylic acid groups (broad SMARTS) is 1. The number of aromatic nitrogens is 2. The number of imidazole rings is 1. The summed E-state index contributed by atoms with van der Waals surface area (Å²) in [6, 6.07) is 7.74. The molecule has 0 bridgehead atoms. The third-order valence-corrected chi connectivity index (χ3v) is 2.32. The summed E-state index contributed by atoms with van der Waals surface area (Å²) < 4.78 is 1.97. The zero-order chi connectivity index (χ0) is 12.1. The second-order valence-corrected chi connectivity index (χ2v) is 3.65. The first kappa shape index (κ1) is 14.7. The smallest absolute Gasteiger partial charge is 0.328 e. The Kier molecular flexibility index (Phi) is 5.85. The molecule has 0 saturated carbocycles. The van der Waals surface area contributed by atoms with Gasteiger partial charge in [0.1, 0.15) is 0 Å². The minimum atomic E-state index is -0.938. The molecule has 0 fully saturated rings. The molecule has 1 N–H and O–H groups in total. The SMILES string of the molecule is O=C(O)C=Cc1ccc(Cn2ccnc2)cc1.[Na]. The Balaban J connectivity index is 0.00000162. The number of hydrogen-bond acceptors (Lipinski definition) is 2. The summed E-state index contributed by atoms with van der Waals surface area (Å²) in [6.45, 7) is 0.767. The van der Waals surface area contributed by atoms with Crippen LogP contribution in [0.5, 0.6) is 0 Å². The summed E-state index contributed by atoms with van der Waals surface area (Å²) in [4.78, 5) is 14.3. The van der Waals surface area contributed by atoms with Crippen LogP contribution in [-0.4, -0.2) is 50.2 Å². The van der Waals surface area contributed by atoms with E-state index in [0.717, 1.165) is 23.7 Å². The molecule has 18 heavy (non-hydrogen) atoms. The summed E-state index contributed by atoms with van der Waals surface area (Å²) in [7, 11) is 0. The van der Waals surface area contributed by atoms with Crippen molar-refractivity contribution in [2.24, 2.45) is 0 Å². The minimum absolute atomic E-state index is 0. The maximum absolute atomic E-state index is 10.4. The number of carbonyl (C=O) groups is 1. The third kappa shape index (κ3) is 4.49. The van der Waals surface area contributed by atoms with Gasteiger partial charge in [-0.05, 0) is 17.2 Å². The Morgan fingerprint density at radius 1 is 1.33 bits per heavy atom. The van der Waals surface area contributed by atoms with Crippen molar-refractivity contribution in [2.45, 2.75) is 6.54 Å². The first-order chi connectivity index (χ1) is 8.24. The molecule has 2 rings (SSSR count). The van der Waals surface area contributed by atoms with Gasteiger partial charge in [-0.1, -0.05) is 24.3 Å².